The van der Waals surface area contributed by atoms with Crippen LogP contribution in [0.15, 0.2) is 11.8 Å². The van der Waals surface area contributed by atoms with Gasteiger partial charge in [0.1, 0.15) is 11.6 Å². The van der Waals surface area contributed by atoms with Crippen molar-refractivity contribution in [2.75, 3.05) is 40.3 Å². The van der Waals surface area contributed by atoms with Gasteiger partial charge in [-0.3, -0.25) is 9.59 Å². The predicted molar refractivity (Wildman–Crippen MR) is 90.7 cm³/mol. The first-order valence-corrected chi connectivity index (χ1v) is 8.60. The van der Waals surface area contributed by atoms with Crippen molar-refractivity contribution in [1.29, 1.82) is 5.26 Å². The Kier molecular flexibility index (Phi) is 6.76. The van der Waals surface area contributed by atoms with Crippen LogP contribution < -0.4 is 10.6 Å². The zero-order valence-electron chi connectivity index (χ0n) is 14.5. The van der Waals surface area contributed by atoms with Gasteiger partial charge in [0.05, 0.1) is 0 Å². The molecule has 0 radical (unpaired) electrons. The smallest absolute Gasteiger partial charge is 0.266 e. The molecule has 132 valence electrons. The van der Waals surface area contributed by atoms with Crippen LogP contribution in [0.4, 0.5) is 0 Å². The fourth-order valence-electron chi connectivity index (χ4n) is 3.23. The maximum Gasteiger partial charge on any atom is 0.266 e. The second-order valence-electron chi connectivity index (χ2n) is 6.65. The third-order valence-corrected chi connectivity index (χ3v) is 4.98. The van der Waals surface area contributed by atoms with Gasteiger partial charge in [-0.15, -0.1) is 0 Å². The molecule has 0 aliphatic carbocycles. The molecule has 24 heavy (non-hydrogen) atoms. The molecular formula is C17H27N5O2. The highest BCUT2D eigenvalue weighted by Gasteiger charge is 2.26. The number of rotatable bonds is 4. The number of likely N-dealkylation sites (tertiary alicyclic amines) is 1. The number of nitrogens with one attached hydrogen (secondary N) is 2. The van der Waals surface area contributed by atoms with Crippen LogP contribution in [-0.2, 0) is 9.59 Å². The number of nitrogens with zero attached hydrogens (tertiary/aromatic N) is 3. The lowest BCUT2D eigenvalue weighted by Crippen LogP contribution is -2.45. The number of nitriles is 1. The van der Waals surface area contributed by atoms with Crippen LogP contribution in [-0.4, -0.2) is 67.9 Å². The Morgan fingerprint density at radius 2 is 1.88 bits per heavy atom. The summed E-state index contributed by atoms with van der Waals surface area (Å²) < 4.78 is 0. The van der Waals surface area contributed by atoms with Crippen molar-refractivity contribution < 1.29 is 9.59 Å². The van der Waals surface area contributed by atoms with Gasteiger partial charge in [0.2, 0.25) is 5.91 Å². The molecule has 7 nitrogen and oxygen atoms in total. The zero-order valence-corrected chi connectivity index (χ0v) is 14.5. The van der Waals surface area contributed by atoms with E-state index in [0.717, 1.165) is 51.9 Å². The second-order valence-corrected chi connectivity index (χ2v) is 6.65. The number of carbonyl (C=O) groups excluding carboxylic acids is 2. The van der Waals surface area contributed by atoms with Crippen LogP contribution in [0.5, 0.6) is 0 Å². The Bertz CT molecular complexity index is 526. The Balaban J connectivity index is 1.92. The molecule has 2 rings (SSSR count). The number of carbonyl (C=O) groups is 2. The van der Waals surface area contributed by atoms with Crippen molar-refractivity contribution in [2.45, 2.75) is 31.7 Å². The molecular weight excluding hydrogens is 306 g/mol. The van der Waals surface area contributed by atoms with Gasteiger partial charge in [-0.2, -0.15) is 5.26 Å². The summed E-state index contributed by atoms with van der Waals surface area (Å²) >= 11 is 0. The van der Waals surface area contributed by atoms with Gasteiger partial charge in [-0.25, -0.2) is 0 Å². The van der Waals surface area contributed by atoms with Gasteiger partial charge in [-0.1, -0.05) is 0 Å². The molecule has 2 amide bonds. The zero-order chi connectivity index (χ0) is 17.5. The fourth-order valence-corrected chi connectivity index (χ4v) is 3.23. The third kappa shape index (κ3) is 4.79. The SMILES string of the molecule is CN1CCC(N(C)C(=O)/C(C#N)=C\NC(=O)C2CCNCC2)CC1. The predicted octanol–water partition coefficient (Wildman–Crippen LogP) is 0.0623. The van der Waals surface area contributed by atoms with Gasteiger partial charge in [0, 0.05) is 25.2 Å². The summed E-state index contributed by atoms with van der Waals surface area (Å²) in [6.45, 7) is 3.54. The van der Waals surface area contributed by atoms with Gasteiger partial charge < -0.3 is 20.4 Å². The highest BCUT2D eigenvalue weighted by Crippen LogP contribution is 2.16. The first-order valence-electron chi connectivity index (χ1n) is 8.60. The van der Waals surface area contributed by atoms with E-state index < -0.39 is 0 Å². The molecule has 2 N–H and O–H groups in total. The molecule has 0 bridgehead atoms. The normalized spacial score (nSPS) is 21.1. The molecule has 0 unspecified atom stereocenters. The Morgan fingerprint density at radius 3 is 2.46 bits per heavy atom. The third-order valence-electron chi connectivity index (χ3n) is 4.98. The molecule has 2 fully saturated rings. The first kappa shape index (κ1) is 18.4. The standard InChI is InChI=1S/C17H27N5O2/c1-21-9-5-15(6-10-21)22(2)17(24)14(11-18)12-20-16(23)13-3-7-19-8-4-13/h12-13,15,19H,3-10H2,1-2H3,(H,20,23)/b14-12-. The van der Waals surface area contributed by atoms with Crippen LogP contribution in [0.2, 0.25) is 0 Å². The van der Waals surface area contributed by atoms with Gasteiger partial charge in [0.15, 0.2) is 0 Å². The van der Waals surface area contributed by atoms with E-state index in [0.29, 0.717) is 0 Å². The van der Waals surface area contributed by atoms with Crippen LogP contribution in [0.3, 0.4) is 0 Å². The lowest BCUT2D eigenvalue weighted by atomic mass is 9.97. The summed E-state index contributed by atoms with van der Waals surface area (Å²) in [7, 11) is 3.80. The fraction of sp³-hybridized carbons (Fsp3) is 0.706. The van der Waals surface area contributed by atoms with Gasteiger partial charge >= 0.3 is 0 Å². The van der Waals surface area contributed by atoms with E-state index in [1.165, 1.54) is 6.20 Å². The van der Waals surface area contributed by atoms with Crippen LogP contribution in [0.1, 0.15) is 25.7 Å². The van der Waals surface area contributed by atoms with Gasteiger partial charge in [0.25, 0.3) is 5.91 Å². The number of piperidine rings is 2. The van der Waals surface area contributed by atoms with Crippen molar-refractivity contribution in [3.05, 3.63) is 11.8 Å². The van der Waals surface area contributed by atoms with E-state index in [1.807, 2.05) is 6.07 Å². The topological polar surface area (TPSA) is 88.5 Å². The average Bonchev–Trinajstić information content (AvgIpc) is 2.62. The van der Waals surface area contributed by atoms with E-state index in [-0.39, 0.29) is 29.3 Å². The monoisotopic (exact) mass is 333 g/mol. The number of amides is 2. The quantitative estimate of drug-likeness (QED) is 0.561. The minimum atomic E-state index is -0.322. The number of hydrogen-bond acceptors (Lipinski definition) is 5. The van der Waals surface area contributed by atoms with Crippen molar-refractivity contribution in [3.63, 3.8) is 0 Å². The Hall–Kier alpha value is -1.91. The summed E-state index contributed by atoms with van der Waals surface area (Å²) in [6.07, 6.45) is 4.64. The lowest BCUT2D eigenvalue weighted by molar-refractivity contribution is -0.128. The van der Waals surface area contributed by atoms with E-state index in [4.69, 9.17) is 0 Å². The molecule has 0 aromatic heterocycles. The molecule has 2 heterocycles. The van der Waals surface area contributed by atoms with Crippen LogP contribution in [0.25, 0.3) is 0 Å². The maximum absolute atomic E-state index is 12.5. The molecule has 7 heteroatoms. The Morgan fingerprint density at radius 1 is 1.25 bits per heavy atom. The van der Waals surface area contributed by atoms with Gasteiger partial charge in [-0.05, 0) is 58.9 Å². The van der Waals surface area contributed by atoms with Crippen molar-refractivity contribution in [2.24, 2.45) is 5.92 Å². The second kappa shape index (κ2) is 8.81. The highest BCUT2D eigenvalue weighted by molar-refractivity contribution is 5.97. The van der Waals surface area contributed by atoms with Crippen molar-refractivity contribution >= 4 is 11.8 Å². The summed E-state index contributed by atoms with van der Waals surface area (Å²) in [5.74, 6) is -0.485. The van der Waals surface area contributed by atoms with Crippen LogP contribution in [0, 0.1) is 17.2 Å². The molecule has 2 saturated heterocycles. The summed E-state index contributed by atoms with van der Waals surface area (Å²) in [4.78, 5) is 28.5. The average molecular weight is 333 g/mol. The van der Waals surface area contributed by atoms with Crippen LogP contribution >= 0.6 is 0 Å². The molecule has 2 aliphatic rings. The number of likely N-dealkylation sites (N-methyl/N-ethyl adjacent to an activating group) is 1. The maximum atomic E-state index is 12.5. The largest absolute Gasteiger partial charge is 0.338 e. The minimum absolute atomic E-state index is 0.0151. The highest BCUT2D eigenvalue weighted by atomic mass is 16.2. The van der Waals surface area contributed by atoms with Crippen molar-refractivity contribution in [3.8, 4) is 6.07 Å². The molecule has 0 saturated carbocycles. The Labute approximate surface area is 143 Å². The van der Waals surface area contributed by atoms with E-state index in [2.05, 4.69) is 22.6 Å². The summed E-state index contributed by atoms with van der Waals surface area (Å²) in [6, 6.07) is 2.07. The minimum Gasteiger partial charge on any atom is -0.338 e. The van der Waals surface area contributed by atoms with E-state index >= 15 is 0 Å². The first-order chi connectivity index (χ1) is 11.5. The van der Waals surface area contributed by atoms with E-state index in [9.17, 15) is 14.9 Å². The summed E-state index contributed by atoms with van der Waals surface area (Å²) in [5, 5.41) is 15.1. The molecule has 0 aromatic rings. The molecule has 0 spiro atoms. The summed E-state index contributed by atoms with van der Waals surface area (Å²) in [5.41, 5.74) is -0.0151. The lowest BCUT2D eigenvalue weighted by Gasteiger charge is -2.35. The van der Waals surface area contributed by atoms with Crippen molar-refractivity contribution in [1.82, 2.24) is 20.4 Å². The molecule has 2 aliphatic heterocycles. The van der Waals surface area contributed by atoms with E-state index in [1.54, 1.807) is 11.9 Å². The molecule has 0 aromatic carbocycles. The number of hydrogen-bond donors (Lipinski definition) is 2. The molecule has 0 atom stereocenters.